The first kappa shape index (κ1) is 15.8. The molecule has 3 nitrogen and oxygen atoms in total. The Hall–Kier alpha value is -1.60. The van der Waals surface area contributed by atoms with Gasteiger partial charge in [-0.05, 0) is 12.5 Å². The van der Waals surface area contributed by atoms with Crippen molar-refractivity contribution in [3.05, 3.63) is 41.7 Å². The first-order valence-electron chi connectivity index (χ1n) is 6.17. The molecule has 0 bridgehead atoms. The van der Waals surface area contributed by atoms with Gasteiger partial charge in [0.2, 0.25) is 0 Å². The van der Waals surface area contributed by atoms with E-state index in [4.69, 9.17) is 5.11 Å². The Morgan fingerprint density at radius 1 is 1.29 bits per heavy atom. The van der Waals surface area contributed by atoms with Crippen LogP contribution in [0.2, 0.25) is 0 Å². The number of thiol groups is 1. The van der Waals surface area contributed by atoms with Crippen LogP contribution in [-0.2, 0) is 19.0 Å². The monoisotopic (exact) mass is 316 g/mol. The summed E-state index contributed by atoms with van der Waals surface area (Å²) >= 11 is 0.813. The number of alkyl halides is 3. The summed E-state index contributed by atoms with van der Waals surface area (Å²) < 4.78 is 39.3. The highest BCUT2D eigenvalue weighted by Gasteiger charge is 2.34. The van der Waals surface area contributed by atoms with E-state index in [1.54, 1.807) is 19.1 Å². The molecule has 1 heterocycles. The van der Waals surface area contributed by atoms with Gasteiger partial charge in [0.15, 0.2) is 5.69 Å². The van der Waals surface area contributed by atoms with Gasteiger partial charge in [0.05, 0.1) is 5.05 Å². The number of benzene rings is 1. The normalized spacial score (nSPS) is 13.1. The van der Waals surface area contributed by atoms with Crippen LogP contribution in [0.25, 0.3) is 11.4 Å². The maximum atomic E-state index is 12.6. The summed E-state index contributed by atoms with van der Waals surface area (Å²) in [5.41, 5.74) is 0.727. The molecular weight excluding hydrogens is 301 g/mol. The van der Waals surface area contributed by atoms with Gasteiger partial charge in [-0.2, -0.15) is 24.5 Å². The van der Waals surface area contributed by atoms with Crippen molar-refractivity contribution in [2.45, 2.75) is 18.9 Å². The van der Waals surface area contributed by atoms with E-state index in [0.717, 1.165) is 23.1 Å². The highest BCUT2D eigenvalue weighted by molar-refractivity contribution is 7.97. The van der Waals surface area contributed by atoms with Gasteiger partial charge in [-0.1, -0.05) is 24.3 Å². The maximum absolute atomic E-state index is 12.6. The molecule has 1 aromatic heterocycles. The van der Waals surface area contributed by atoms with Crippen LogP contribution >= 0.6 is 11.4 Å². The molecule has 2 rings (SSSR count). The quantitative estimate of drug-likeness (QED) is 0.668. The summed E-state index contributed by atoms with van der Waals surface area (Å²) in [5.74, 6) is 0.938. The smallest absolute Gasteiger partial charge is 0.360 e. The fraction of sp³-hybridized carbons (Fsp3) is 0.286. The van der Waals surface area contributed by atoms with Crippen LogP contribution < -0.4 is 0 Å². The zero-order chi connectivity index (χ0) is 15.6. The third-order valence-electron chi connectivity index (χ3n) is 2.87. The number of hydrogen-bond acceptors (Lipinski definition) is 1. The lowest BCUT2D eigenvalue weighted by molar-refractivity contribution is -0.140. The van der Waals surface area contributed by atoms with Crippen LogP contribution in [-0.4, -0.2) is 19.7 Å². The number of aryl methyl sites for hydroxylation is 1. The standard InChI is InChI=1S/C14H15F3N2OS/c1-9(20)21-8-10-3-5-11(6-4-10)13-18-12(7-19(13)2)14(15,16)17/h3-7,20-21H,8H2,1-2H3. The van der Waals surface area contributed by atoms with Crippen molar-refractivity contribution in [2.75, 3.05) is 0 Å². The van der Waals surface area contributed by atoms with E-state index in [9.17, 15) is 13.2 Å². The van der Waals surface area contributed by atoms with Gasteiger partial charge >= 0.3 is 6.18 Å². The number of nitrogens with zero attached hydrogens (tertiary/aromatic N) is 2. The van der Waals surface area contributed by atoms with Crippen molar-refractivity contribution < 1.29 is 18.3 Å². The van der Waals surface area contributed by atoms with E-state index in [0.29, 0.717) is 16.4 Å². The molecule has 0 fully saturated rings. The third kappa shape index (κ3) is 3.95. The Morgan fingerprint density at radius 3 is 2.38 bits per heavy atom. The molecule has 0 aliphatic heterocycles. The highest BCUT2D eigenvalue weighted by atomic mass is 32.1. The molecule has 114 valence electrons. The van der Waals surface area contributed by atoms with Gasteiger partial charge in [-0.25, -0.2) is 4.98 Å². The topological polar surface area (TPSA) is 38.1 Å². The number of hydrogen-bond donors (Lipinski definition) is 2. The van der Waals surface area contributed by atoms with Gasteiger partial charge in [0, 0.05) is 24.6 Å². The fourth-order valence-corrected chi connectivity index (χ4v) is 2.46. The number of rotatable bonds is 3. The maximum Gasteiger partial charge on any atom is 0.434 e. The molecule has 0 atom stereocenters. The van der Waals surface area contributed by atoms with Gasteiger partial charge in [0.25, 0.3) is 0 Å². The largest absolute Gasteiger partial charge is 0.434 e. The predicted molar refractivity (Wildman–Crippen MR) is 79.6 cm³/mol. The van der Waals surface area contributed by atoms with Crippen molar-refractivity contribution in [1.82, 2.24) is 9.55 Å². The molecule has 0 aliphatic rings. The molecule has 2 aromatic rings. The first-order chi connectivity index (χ1) is 9.77. The molecular formula is C14H15F3N2OS. The van der Waals surface area contributed by atoms with E-state index >= 15 is 0 Å². The van der Waals surface area contributed by atoms with Crippen LogP contribution in [0.3, 0.4) is 0 Å². The number of aromatic nitrogens is 2. The van der Waals surface area contributed by atoms with Crippen LogP contribution in [0.1, 0.15) is 18.2 Å². The molecule has 0 aliphatic carbocycles. The summed E-state index contributed by atoms with van der Waals surface area (Å²) in [4.78, 5) is 3.65. The van der Waals surface area contributed by atoms with Crippen molar-refractivity contribution in [3.63, 3.8) is 0 Å². The summed E-state index contributed by atoms with van der Waals surface area (Å²) in [5, 5.41) is 9.48. The SMILES string of the molecule is CC(O)=[SH]Cc1ccc(-c2nc(C(F)(F)F)cn2C)cc1. The Labute approximate surface area is 124 Å². The molecule has 0 unspecified atom stereocenters. The molecule has 7 heteroatoms. The number of halogens is 3. The van der Waals surface area contributed by atoms with Crippen LogP contribution in [0.4, 0.5) is 13.2 Å². The second kappa shape index (κ2) is 6.03. The predicted octanol–water partition coefficient (Wildman–Crippen LogP) is 3.78. The Morgan fingerprint density at radius 2 is 1.90 bits per heavy atom. The average Bonchev–Trinajstić information content (AvgIpc) is 2.79. The van der Waals surface area contributed by atoms with Gasteiger partial charge in [0.1, 0.15) is 5.82 Å². The van der Waals surface area contributed by atoms with Crippen LogP contribution in [0, 0.1) is 0 Å². The van der Waals surface area contributed by atoms with E-state index < -0.39 is 11.9 Å². The van der Waals surface area contributed by atoms with Gasteiger partial charge in [-0.3, -0.25) is 0 Å². The fourth-order valence-electron chi connectivity index (χ4n) is 1.84. The second-order valence-electron chi connectivity index (χ2n) is 4.62. The summed E-state index contributed by atoms with van der Waals surface area (Å²) in [6.45, 7) is 1.63. The minimum absolute atomic E-state index is 0.274. The van der Waals surface area contributed by atoms with Crippen molar-refractivity contribution >= 4 is 16.4 Å². The van der Waals surface area contributed by atoms with Gasteiger partial charge < -0.3 is 9.67 Å². The molecule has 0 spiro atoms. The van der Waals surface area contributed by atoms with E-state index in [1.165, 1.54) is 11.6 Å². The lowest BCUT2D eigenvalue weighted by atomic mass is 10.1. The van der Waals surface area contributed by atoms with E-state index in [2.05, 4.69) is 4.98 Å². The molecule has 0 amide bonds. The molecule has 1 N–H and O–H groups in total. The number of aliphatic hydroxyl groups excluding tert-OH is 1. The van der Waals surface area contributed by atoms with Gasteiger partial charge in [-0.15, -0.1) is 0 Å². The summed E-state index contributed by atoms with van der Waals surface area (Å²) in [6.07, 6.45) is -3.46. The first-order valence-corrected chi connectivity index (χ1v) is 7.25. The molecule has 21 heavy (non-hydrogen) atoms. The number of aliphatic hydroxyl groups is 1. The molecule has 0 saturated carbocycles. The van der Waals surface area contributed by atoms with E-state index in [-0.39, 0.29) is 5.82 Å². The molecule has 1 aromatic carbocycles. The Bertz CT molecular complexity index is 656. The zero-order valence-corrected chi connectivity index (χ0v) is 12.4. The van der Waals surface area contributed by atoms with Crippen molar-refractivity contribution in [3.8, 4) is 11.4 Å². The van der Waals surface area contributed by atoms with E-state index in [1.807, 2.05) is 12.1 Å². The summed E-state index contributed by atoms with van der Waals surface area (Å²) in [7, 11) is 1.54. The minimum atomic E-state index is -4.44. The Kier molecular flexibility index (Phi) is 4.53. The Balaban J connectivity index is 2.27. The lowest BCUT2D eigenvalue weighted by Gasteiger charge is -2.03. The zero-order valence-electron chi connectivity index (χ0n) is 11.5. The number of imidazole rings is 1. The third-order valence-corrected chi connectivity index (χ3v) is 3.85. The minimum Gasteiger partial charge on any atom is -0.360 e. The van der Waals surface area contributed by atoms with Crippen LogP contribution in [0.15, 0.2) is 30.5 Å². The highest BCUT2D eigenvalue weighted by Crippen LogP contribution is 2.30. The average molecular weight is 316 g/mol. The van der Waals surface area contributed by atoms with Crippen LogP contribution in [0.5, 0.6) is 0 Å². The van der Waals surface area contributed by atoms with Crippen molar-refractivity contribution in [1.29, 1.82) is 0 Å². The summed E-state index contributed by atoms with van der Waals surface area (Å²) in [6, 6.07) is 7.13. The second-order valence-corrected chi connectivity index (χ2v) is 5.90. The molecule has 0 radical (unpaired) electrons. The molecule has 0 saturated heterocycles. The van der Waals surface area contributed by atoms with Crippen molar-refractivity contribution in [2.24, 2.45) is 7.05 Å². The lowest BCUT2D eigenvalue weighted by Crippen LogP contribution is -2.04.